The number of ether oxygens (including phenoxy) is 2. The lowest BCUT2D eigenvalue weighted by Gasteiger charge is -2.39. The van der Waals surface area contributed by atoms with Crippen LogP contribution in [0.5, 0.6) is 11.5 Å². The van der Waals surface area contributed by atoms with Gasteiger partial charge in [0, 0.05) is 45.8 Å². The maximum Gasteiger partial charge on any atom is 0.263 e. The first-order valence-electron chi connectivity index (χ1n) is 11.9. The number of piperidine rings is 1. The van der Waals surface area contributed by atoms with E-state index in [1.807, 2.05) is 17.9 Å². The molecule has 3 aliphatic rings. The quantitative estimate of drug-likeness (QED) is 0.576. The van der Waals surface area contributed by atoms with E-state index >= 15 is 0 Å². The summed E-state index contributed by atoms with van der Waals surface area (Å²) in [6.07, 6.45) is 3.37. The van der Waals surface area contributed by atoms with Crippen molar-refractivity contribution in [2.24, 2.45) is 5.92 Å². The van der Waals surface area contributed by atoms with Crippen LogP contribution in [0.3, 0.4) is 0 Å². The second-order valence-corrected chi connectivity index (χ2v) is 9.22. The largest absolute Gasteiger partial charge is 0.454 e. The summed E-state index contributed by atoms with van der Waals surface area (Å²) in [6, 6.07) is 6.11. The molecule has 2 saturated heterocycles. The second-order valence-electron chi connectivity index (χ2n) is 9.22. The molecule has 5 heterocycles. The smallest absolute Gasteiger partial charge is 0.263 e. The van der Waals surface area contributed by atoms with Crippen LogP contribution in [-0.4, -0.2) is 76.9 Å². The van der Waals surface area contributed by atoms with E-state index in [-0.39, 0.29) is 11.8 Å². The Balaban J connectivity index is 1.07. The summed E-state index contributed by atoms with van der Waals surface area (Å²) in [7, 11) is 0. The highest BCUT2D eigenvalue weighted by Crippen LogP contribution is 2.33. The van der Waals surface area contributed by atoms with Crippen LogP contribution in [-0.2, 0) is 11.3 Å². The number of benzene rings is 1. The fourth-order valence-electron chi connectivity index (χ4n) is 5.20. The van der Waals surface area contributed by atoms with E-state index in [1.54, 1.807) is 0 Å². The van der Waals surface area contributed by atoms with Gasteiger partial charge in [-0.3, -0.25) is 9.69 Å². The fourth-order valence-corrected chi connectivity index (χ4v) is 5.20. The number of hydrogen-bond acceptors (Lipinski definition) is 9. The molecule has 10 heteroatoms. The molecule has 178 valence electrons. The first-order valence-corrected chi connectivity index (χ1v) is 11.9. The lowest BCUT2D eigenvalue weighted by Crippen LogP contribution is -2.52. The molecule has 10 nitrogen and oxygen atoms in total. The van der Waals surface area contributed by atoms with Crippen LogP contribution in [0.1, 0.15) is 24.1 Å². The SMILES string of the molecule is Cc1noc2ncnc(N3CCCC(C(=O)N4CCN(Cc5ccc6c(c5)OCO6)CC4)C3)c12. The van der Waals surface area contributed by atoms with Gasteiger partial charge in [-0.15, -0.1) is 0 Å². The molecule has 2 aromatic heterocycles. The van der Waals surface area contributed by atoms with Crippen LogP contribution < -0.4 is 14.4 Å². The molecular formula is C24H28N6O4. The van der Waals surface area contributed by atoms with Crippen LogP contribution in [0.2, 0.25) is 0 Å². The van der Waals surface area contributed by atoms with Crippen molar-refractivity contribution in [1.29, 1.82) is 0 Å². The van der Waals surface area contributed by atoms with Crippen LogP contribution in [0, 0.1) is 12.8 Å². The van der Waals surface area contributed by atoms with E-state index in [0.29, 0.717) is 19.1 Å². The van der Waals surface area contributed by atoms with Crippen molar-refractivity contribution >= 4 is 22.8 Å². The minimum atomic E-state index is -0.0284. The van der Waals surface area contributed by atoms with Crippen molar-refractivity contribution in [2.75, 3.05) is 51.0 Å². The van der Waals surface area contributed by atoms with Gasteiger partial charge in [-0.25, -0.2) is 4.98 Å². The van der Waals surface area contributed by atoms with Gasteiger partial charge in [-0.05, 0) is 37.5 Å². The zero-order valence-electron chi connectivity index (χ0n) is 19.3. The fraction of sp³-hybridized carbons (Fsp3) is 0.500. The third kappa shape index (κ3) is 3.91. The number of fused-ring (bicyclic) bond motifs is 2. The Kier molecular flexibility index (Phi) is 5.44. The summed E-state index contributed by atoms with van der Waals surface area (Å²) in [5, 5.41) is 4.88. The van der Waals surface area contributed by atoms with Gasteiger partial charge in [0.2, 0.25) is 12.7 Å². The summed E-state index contributed by atoms with van der Waals surface area (Å²) in [5.41, 5.74) is 2.47. The third-order valence-electron chi connectivity index (χ3n) is 7.02. The first-order chi connectivity index (χ1) is 16.7. The molecular weight excluding hydrogens is 436 g/mol. The molecule has 2 fully saturated rings. The van der Waals surface area contributed by atoms with Gasteiger partial charge in [-0.2, -0.15) is 4.98 Å². The minimum Gasteiger partial charge on any atom is -0.454 e. The topological polar surface area (TPSA) is 97.1 Å². The van der Waals surface area contributed by atoms with E-state index < -0.39 is 0 Å². The van der Waals surface area contributed by atoms with Crippen LogP contribution in [0.15, 0.2) is 29.0 Å². The molecule has 1 amide bonds. The van der Waals surface area contributed by atoms with Crippen LogP contribution in [0.25, 0.3) is 11.1 Å². The number of carbonyl (C=O) groups is 1. The van der Waals surface area contributed by atoms with Crippen molar-refractivity contribution in [1.82, 2.24) is 24.9 Å². The van der Waals surface area contributed by atoms with Gasteiger partial charge >= 0.3 is 0 Å². The number of carbonyl (C=O) groups excluding carboxylic acids is 1. The lowest BCUT2D eigenvalue weighted by molar-refractivity contribution is -0.137. The highest BCUT2D eigenvalue weighted by atomic mass is 16.7. The Labute approximate surface area is 197 Å². The number of rotatable bonds is 4. The molecule has 0 aliphatic carbocycles. The van der Waals surface area contributed by atoms with Gasteiger partial charge in [0.1, 0.15) is 17.5 Å². The summed E-state index contributed by atoms with van der Waals surface area (Å²) in [6.45, 7) is 7.79. The van der Waals surface area contributed by atoms with Crippen molar-refractivity contribution in [3.05, 3.63) is 35.8 Å². The van der Waals surface area contributed by atoms with E-state index in [0.717, 1.165) is 80.5 Å². The van der Waals surface area contributed by atoms with Crippen LogP contribution >= 0.6 is 0 Å². The maximum absolute atomic E-state index is 13.4. The van der Waals surface area contributed by atoms with Gasteiger partial charge in [0.25, 0.3) is 5.71 Å². The third-order valence-corrected chi connectivity index (χ3v) is 7.02. The number of piperazine rings is 1. The number of aromatic nitrogens is 3. The molecule has 3 aromatic rings. The summed E-state index contributed by atoms with van der Waals surface area (Å²) >= 11 is 0. The predicted octanol–water partition coefficient (Wildman–Crippen LogP) is 2.22. The van der Waals surface area contributed by atoms with Gasteiger partial charge < -0.3 is 23.8 Å². The van der Waals surface area contributed by atoms with Gasteiger partial charge in [-0.1, -0.05) is 11.2 Å². The molecule has 1 unspecified atom stereocenters. The van der Waals surface area contributed by atoms with Gasteiger partial charge in [0.15, 0.2) is 11.5 Å². The second kappa shape index (κ2) is 8.75. The zero-order valence-corrected chi connectivity index (χ0v) is 19.3. The molecule has 0 saturated carbocycles. The highest BCUT2D eigenvalue weighted by Gasteiger charge is 2.32. The van der Waals surface area contributed by atoms with Crippen LogP contribution in [0.4, 0.5) is 5.82 Å². The minimum absolute atomic E-state index is 0.0284. The lowest BCUT2D eigenvalue weighted by atomic mass is 9.96. The van der Waals surface area contributed by atoms with E-state index in [2.05, 4.69) is 37.1 Å². The van der Waals surface area contributed by atoms with Crippen molar-refractivity contribution in [2.45, 2.75) is 26.3 Å². The Morgan fingerprint density at radius 3 is 2.82 bits per heavy atom. The molecule has 1 aromatic carbocycles. The van der Waals surface area contributed by atoms with E-state index in [1.165, 1.54) is 11.9 Å². The molecule has 0 N–H and O–H groups in total. The monoisotopic (exact) mass is 464 g/mol. The molecule has 0 spiro atoms. The number of nitrogens with zero attached hydrogens (tertiary/aromatic N) is 6. The number of amides is 1. The molecule has 0 radical (unpaired) electrons. The molecule has 34 heavy (non-hydrogen) atoms. The van der Waals surface area contributed by atoms with E-state index in [4.69, 9.17) is 14.0 Å². The zero-order chi connectivity index (χ0) is 23.1. The normalized spacial score (nSPS) is 20.8. The van der Waals surface area contributed by atoms with Crippen molar-refractivity contribution < 1.29 is 18.8 Å². The average molecular weight is 465 g/mol. The Morgan fingerprint density at radius 1 is 1.09 bits per heavy atom. The maximum atomic E-state index is 13.4. The van der Waals surface area contributed by atoms with Crippen molar-refractivity contribution in [3.8, 4) is 11.5 Å². The highest BCUT2D eigenvalue weighted by molar-refractivity contribution is 5.88. The molecule has 3 aliphatic heterocycles. The summed E-state index contributed by atoms with van der Waals surface area (Å²) in [5.74, 6) is 2.66. The van der Waals surface area contributed by atoms with Gasteiger partial charge in [0.05, 0.1) is 11.6 Å². The summed E-state index contributed by atoms with van der Waals surface area (Å²) in [4.78, 5) is 28.7. The molecule has 1 atom stereocenters. The standard InChI is InChI=1S/C24H28N6O4/c1-16-21-22(25-14-26-23(21)34-27-16)30-6-2-3-18(13-30)24(31)29-9-7-28(8-10-29)12-17-4-5-19-20(11-17)33-15-32-19/h4-5,11,14,18H,2-3,6-10,12-13,15H2,1H3. The Bertz CT molecular complexity index is 1210. The predicted molar refractivity (Wildman–Crippen MR) is 124 cm³/mol. The Morgan fingerprint density at radius 2 is 1.94 bits per heavy atom. The Hall–Kier alpha value is -3.40. The summed E-state index contributed by atoms with van der Waals surface area (Å²) < 4.78 is 16.2. The van der Waals surface area contributed by atoms with E-state index in [9.17, 15) is 4.79 Å². The average Bonchev–Trinajstić information content (AvgIpc) is 3.50. The molecule has 6 rings (SSSR count). The number of aryl methyl sites for hydroxylation is 1. The number of anilines is 1. The molecule has 0 bridgehead atoms. The first kappa shape index (κ1) is 21.2. The number of hydrogen-bond donors (Lipinski definition) is 0. The van der Waals surface area contributed by atoms with Crippen molar-refractivity contribution in [3.63, 3.8) is 0 Å².